The van der Waals surface area contributed by atoms with Gasteiger partial charge in [0.15, 0.2) is 5.78 Å². The van der Waals surface area contributed by atoms with Crippen LogP contribution in [0.1, 0.15) is 30.3 Å². The van der Waals surface area contributed by atoms with Gasteiger partial charge in [-0.2, -0.15) is 5.10 Å². The van der Waals surface area contributed by atoms with E-state index in [0.717, 1.165) is 18.6 Å². The van der Waals surface area contributed by atoms with Gasteiger partial charge in [0.2, 0.25) is 0 Å². The monoisotopic (exact) mass is 244 g/mol. The minimum atomic E-state index is -0.308. The van der Waals surface area contributed by atoms with Gasteiger partial charge in [-0.25, -0.2) is 0 Å². The molecule has 82 valence electrons. The van der Waals surface area contributed by atoms with Crippen LogP contribution in [-0.2, 0) is 7.05 Å². The van der Waals surface area contributed by atoms with Gasteiger partial charge >= 0.3 is 0 Å². The van der Waals surface area contributed by atoms with Gasteiger partial charge in [-0.05, 0) is 25.5 Å². The number of aromatic nitrogens is 2. The molecular weight excluding hydrogens is 232 g/mol. The quantitative estimate of drug-likeness (QED) is 0.750. The van der Waals surface area contributed by atoms with E-state index in [1.54, 1.807) is 23.5 Å². The number of thioether (sulfide) groups is 1. The van der Waals surface area contributed by atoms with Gasteiger partial charge in [-0.15, -0.1) is 11.8 Å². The Kier molecular flexibility index (Phi) is 2.81. The lowest BCUT2D eigenvalue weighted by Gasteiger charge is -2.20. The Balaban J connectivity index is 2.35. The molecule has 0 bridgehead atoms. The molecule has 2 heterocycles. The van der Waals surface area contributed by atoms with E-state index in [1.165, 1.54) is 6.20 Å². The molecule has 0 spiro atoms. The van der Waals surface area contributed by atoms with Gasteiger partial charge < -0.3 is 0 Å². The zero-order chi connectivity index (χ0) is 11.1. The van der Waals surface area contributed by atoms with E-state index in [9.17, 15) is 4.79 Å². The van der Waals surface area contributed by atoms with Crippen LogP contribution in [0, 0.1) is 0 Å². The zero-order valence-electron chi connectivity index (χ0n) is 8.79. The van der Waals surface area contributed by atoms with Crippen molar-refractivity contribution in [1.29, 1.82) is 0 Å². The molecule has 0 aliphatic carbocycles. The van der Waals surface area contributed by atoms with Crippen molar-refractivity contribution >= 4 is 29.1 Å². The maximum atomic E-state index is 12.3. The number of hydrogen-bond donors (Lipinski definition) is 0. The molecule has 1 aromatic rings. The first kappa shape index (κ1) is 11.0. The number of hydrogen-bond acceptors (Lipinski definition) is 3. The highest BCUT2D eigenvalue weighted by molar-refractivity contribution is 8.01. The summed E-state index contributed by atoms with van der Waals surface area (Å²) in [5.74, 6) is 1.16. The van der Waals surface area contributed by atoms with E-state index in [1.807, 2.05) is 6.92 Å². The zero-order valence-corrected chi connectivity index (χ0v) is 10.4. The Bertz CT molecular complexity index is 377. The Labute approximate surface area is 98.2 Å². The van der Waals surface area contributed by atoms with Gasteiger partial charge in [-0.3, -0.25) is 9.48 Å². The summed E-state index contributed by atoms with van der Waals surface area (Å²) in [5.41, 5.74) is 0.536. The molecule has 15 heavy (non-hydrogen) atoms. The molecule has 1 saturated heterocycles. The Morgan fingerprint density at radius 2 is 2.47 bits per heavy atom. The molecule has 1 aliphatic rings. The highest BCUT2D eigenvalue weighted by atomic mass is 35.5. The topological polar surface area (TPSA) is 34.9 Å². The lowest BCUT2D eigenvalue weighted by atomic mass is 9.98. The molecular formula is C10H13ClN2OS. The van der Waals surface area contributed by atoms with E-state index in [2.05, 4.69) is 5.10 Å². The molecule has 1 unspecified atom stereocenters. The van der Waals surface area contributed by atoms with Crippen LogP contribution in [0.15, 0.2) is 6.20 Å². The second-order valence-electron chi connectivity index (χ2n) is 3.98. The van der Waals surface area contributed by atoms with Crippen LogP contribution in [0.3, 0.4) is 0 Å². The summed E-state index contributed by atoms with van der Waals surface area (Å²) in [6.45, 7) is 2.00. The van der Waals surface area contributed by atoms with Crippen LogP contribution in [-0.4, -0.2) is 26.1 Å². The number of ketones is 1. The predicted octanol–water partition coefficient (Wildman–Crippen LogP) is 2.54. The standard InChI is InChI=1S/C10H13ClN2OS/c1-10(4-3-5-15-10)9(14)8-7(11)6-12-13(8)2/h6H,3-5H2,1-2H3. The molecule has 5 heteroatoms. The summed E-state index contributed by atoms with van der Waals surface area (Å²) in [6, 6.07) is 0. The lowest BCUT2D eigenvalue weighted by Crippen LogP contribution is -2.30. The van der Waals surface area contributed by atoms with Crippen LogP contribution in [0.4, 0.5) is 0 Å². The number of nitrogens with zero attached hydrogens (tertiary/aromatic N) is 2. The number of carbonyl (C=O) groups is 1. The fourth-order valence-electron chi connectivity index (χ4n) is 1.87. The minimum absolute atomic E-state index is 0.106. The summed E-state index contributed by atoms with van der Waals surface area (Å²) in [4.78, 5) is 12.3. The van der Waals surface area contributed by atoms with Crippen molar-refractivity contribution in [2.45, 2.75) is 24.5 Å². The van der Waals surface area contributed by atoms with Crippen molar-refractivity contribution in [2.24, 2.45) is 7.05 Å². The highest BCUT2D eigenvalue weighted by Gasteiger charge is 2.39. The minimum Gasteiger partial charge on any atom is -0.291 e. The van der Waals surface area contributed by atoms with Gasteiger partial charge in [0.25, 0.3) is 0 Å². The molecule has 0 radical (unpaired) electrons. The van der Waals surface area contributed by atoms with E-state index in [-0.39, 0.29) is 10.5 Å². The summed E-state index contributed by atoms with van der Waals surface area (Å²) in [6.07, 6.45) is 3.55. The first-order valence-corrected chi connectivity index (χ1v) is 6.27. The van der Waals surface area contributed by atoms with Crippen molar-refractivity contribution < 1.29 is 4.79 Å². The summed E-state index contributed by atoms with van der Waals surface area (Å²) in [7, 11) is 1.75. The Hall–Kier alpha value is -0.480. The van der Waals surface area contributed by atoms with E-state index < -0.39 is 0 Å². The molecule has 0 saturated carbocycles. The van der Waals surface area contributed by atoms with Gasteiger partial charge in [0.05, 0.1) is 16.0 Å². The molecule has 0 N–H and O–H groups in total. The maximum absolute atomic E-state index is 12.3. The maximum Gasteiger partial charge on any atom is 0.198 e. The number of halogens is 1. The lowest BCUT2D eigenvalue weighted by molar-refractivity contribution is 0.0940. The largest absolute Gasteiger partial charge is 0.291 e. The third kappa shape index (κ3) is 1.81. The number of carbonyl (C=O) groups excluding carboxylic acids is 1. The first-order valence-electron chi connectivity index (χ1n) is 4.91. The highest BCUT2D eigenvalue weighted by Crippen LogP contribution is 2.41. The van der Waals surface area contributed by atoms with Crippen LogP contribution in [0.2, 0.25) is 5.02 Å². The van der Waals surface area contributed by atoms with Crippen LogP contribution < -0.4 is 0 Å². The Morgan fingerprint density at radius 1 is 1.73 bits per heavy atom. The molecule has 1 fully saturated rings. The van der Waals surface area contributed by atoms with Gasteiger partial charge in [0, 0.05) is 7.05 Å². The second kappa shape index (κ2) is 3.83. The molecule has 1 aromatic heterocycles. The van der Waals surface area contributed by atoms with E-state index in [4.69, 9.17) is 11.6 Å². The number of rotatable bonds is 2. The van der Waals surface area contributed by atoms with Crippen LogP contribution in [0.5, 0.6) is 0 Å². The number of aryl methyl sites for hydroxylation is 1. The van der Waals surface area contributed by atoms with Crippen molar-refractivity contribution in [2.75, 3.05) is 5.75 Å². The van der Waals surface area contributed by atoms with Crippen LogP contribution >= 0.6 is 23.4 Å². The van der Waals surface area contributed by atoms with Crippen molar-refractivity contribution in [3.05, 3.63) is 16.9 Å². The molecule has 0 amide bonds. The molecule has 2 rings (SSSR count). The summed E-state index contributed by atoms with van der Waals surface area (Å²) in [5, 5.41) is 4.45. The molecule has 1 aliphatic heterocycles. The fourth-order valence-corrected chi connectivity index (χ4v) is 3.38. The van der Waals surface area contributed by atoms with E-state index >= 15 is 0 Å². The first-order chi connectivity index (χ1) is 7.04. The second-order valence-corrected chi connectivity index (χ2v) is 5.98. The number of Topliss-reactive ketones (excluding diaryl/α,β-unsaturated/α-hetero) is 1. The average molecular weight is 245 g/mol. The molecule has 1 atom stereocenters. The van der Waals surface area contributed by atoms with Crippen LogP contribution in [0.25, 0.3) is 0 Å². The van der Waals surface area contributed by atoms with Crippen molar-refractivity contribution in [3.63, 3.8) is 0 Å². The van der Waals surface area contributed by atoms with Crippen molar-refractivity contribution in [1.82, 2.24) is 9.78 Å². The Morgan fingerprint density at radius 3 is 2.93 bits per heavy atom. The van der Waals surface area contributed by atoms with Gasteiger partial charge in [-0.1, -0.05) is 11.6 Å². The van der Waals surface area contributed by atoms with Crippen molar-refractivity contribution in [3.8, 4) is 0 Å². The summed E-state index contributed by atoms with van der Waals surface area (Å²) < 4.78 is 1.26. The predicted molar refractivity (Wildman–Crippen MR) is 62.6 cm³/mol. The molecule has 0 aromatic carbocycles. The molecule has 3 nitrogen and oxygen atoms in total. The third-order valence-electron chi connectivity index (χ3n) is 2.81. The SMILES string of the molecule is Cn1ncc(Cl)c1C(=O)C1(C)CCCS1. The normalized spacial score (nSPS) is 25.8. The smallest absolute Gasteiger partial charge is 0.198 e. The summed E-state index contributed by atoms with van der Waals surface area (Å²) >= 11 is 7.69. The average Bonchev–Trinajstić information content (AvgIpc) is 2.75. The fraction of sp³-hybridized carbons (Fsp3) is 0.600. The van der Waals surface area contributed by atoms with E-state index in [0.29, 0.717) is 10.7 Å². The third-order valence-corrected chi connectivity index (χ3v) is 4.60. The van der Waals surface area contributed by atoms with Gasteiger partial charge in [0.1, 0.15) is 5.69 Å².